The van der Waals surface area contributed by atoms with E-state index in [-0.39, 0.29) is 24.0 Å². The number of nitrogens with zero attached hydrogens (tertiary/aromatic N) is 4. The molecule has 0 spiro atoms. The van der Waals surface area contributed by atoms with Crippen LogP contribution in [0.3, 0.4) is 0 Å². The molecule has 1 aliphatic carbocycles. The van der Waals surface area contributed by atoms with Crippen molar-refractivity contribution >= 4 is 28.7 Å². The van der Waals surface area contributed by atoms with Crippen LogP contribution in [0.2, 0.25) is 0 Å². The van der Waals surface area contributed by atoms with Gasteiger partial charge in [-0.15, -0.1) is 0 Å². The summed E-state index contributed by atoms with van der Waals surface area (Å²) in [5.41, 5.74) is 12.9. The van der Waals surface area contributed by atoms with Crippen LogP contribution in [0.5, 0.6) is 0 Å². The van der Waals surface area contributed by atoms with Gasteiger partial charge in [0.25, 0.3) is 5.91 Å². The Morgan fingerprint density at radius 2 is 1.65 bits per heavy atom. The average Bonchev–Trinajstić information content (AvgIpc) is 3.42. The lowest BCUT2D eigenvalue weighted by Gasteiger charge is -2.28. The van der Waals surface area contributed by atoms with Crippen LogP contribution in [-0.2, 0) is 11.3 Å². The molecule has 0 atom stereocenters. The Balaban J connectivity index is 1.15. The molecule has 0 bridgehead atoms. The van der Waals surface area contributed by atoms with Crippen LogP contribution in [0.1, 0.15) is 69.1 Å². The number of benzene rings is 3. The largest absolute Gasteiger partial charge is 0.459 e. The van der Waals surface area contributed by atoms with Gasteiger partial charge < -0.3 is 15.8 Å². The van der Waals surface area contributed by atoms with Crippen molar-refractivity contribution in [3.8, 4) is 11.3 Å². The highest BCUT2D eigenvalue weighted by atomic mass is 16.5. The van der Waals surface area contributed by atoms with Gasteiger partial charge >= 0.3 is 5.97 Å². The van der Waals surface area contributed by atoms with Crippen LogP contribution in [0, 0.1) is 13.8 Å². The zero-order chi connectivity index (χ0) is 29.9. The van der Waals surface area contributed by atoms with Crippen LogP contribution in [0.4, 0.5) is 5.82 Å². The first kappa shape index (κ1) is 28.1. The molecule has 218 valence electrons. The van der Waals surface area contributed by atoms with Crippen molar-refractivity contribution in [2.45, 2.75) is 58.2 Å². The number of hydrogen-bond donors (Lipinski definition) is 2. The number of anilines is 1. The predicted molar refractivity (Wildman–Crippen MR) is 165 cm³/mol. The molecule has 2 aromatic heterocycles. The molecule has 0 aliphatic heterocycles. The number of nitrogens with two attached hydrogens (primary N) is 1. The second kappa shape index (κ2) is 12.1. The van der Waals surface area contributed by atoms with Gasteiger partial charge in [-0.1, -0.05) is 60.2 Å². The second-order valence-corrected chi connectivity index (χ2v) is 11.1. The number of fused-ring (bicyclic) bond motifs is 1. The molecular formula is C34H34N6O3. The molecule has 0 radical (unpaired) electrons. The number of carbonyl (C=O) groups is 2. The number of aryl methyl sites for hydroxylation is 2. The van der Waals surface area contributed by atoms with Crippen molar-refractivity contribution in [2.24, 2.45) is 0 Å². The van der Waals surface area contributed by atoms with Crippen molar-refractivity contribution in [3.63, 3.8) is 0 Å². The molecule has 2 heterocycles. The maximum atomic E-state index is 12.6. The third-order valence-electron chi connectivity index (χ3n) is 8.14. The van der Waals surface area contributed by atoms with E-state index >= 15 is 0 Å². The molecule has 6 rings (SSSR count). The lowest BCUT2D eigenvalue weighted by Crippen LogP contribution is -2.26. The van der Waals surface area contributed by atoms with Gasteiger partial charge in [0.1, 0.15) is 23.9 Å². The normalized spacial score (nSPS) is 16.6. The van der Waals surface area contributed by atoms with Gasteiger partial charge in [-0.3, -0.25) is 4.79 Å². The number of hydrogen-bond acceptors (Lipinski definition) is 7. The van der Waals surface area contributed by atoms with E-state index in [0.29, 0.717) is 29.1 Å². The van der Waals surface area contributed by atoms with Crippen molar-refractivity contribution in [2.75, 3.05) is 5.73 Å². The molecular weight excluding hydrogens is 540 g/mol. The van der Waals surface area contributed by atoms with Crippen LogP contribution >= 0.6 is 0 Å². The second-order valence-electron chi connectivity index (χ2n) is 11.1. The SMILES string of the molecule is Cc1ccc(C(=O)OC2CCC(n3nc(-c4ccc(CNC(=O)c5ccccc5C)cc4)c4c(N)ncnc43)CC2)cc1. The highest BCUT2D eigenvalue weighted by molar-refractivity contribution is 5.98. The van der Waals surface area contributed by atoms with Crippen molar-refractivity contribution < 1.29 is 14.3 Å². The summed E-state index contributed by atoms with van der Waals surface area (Å²) in [6.07, 6.45) is 4.40. The predicted octanol–water partition coefficient (Wildman–Crippen LogP) is 5.96. The van der Waals surface area contributed by atoms with E-state index in [1.54, 1.807) is 12.1 Å². The fourth-order valence-corrected chi connectivity index (χ4v) is 5.65. The molecule has 9 heteroatoms. The Kier molecular flexibility index (Phi) is 7.87. The number of amides is 1. The highest BCUT2D eigenvalue weighted by Crippen LogP contribution is 2.36. The maximum Gasteiger partial charge on any atom is 0.338 e. The number of ether oxygens (including phenoxy) is 1. The van der Waals surface area contributed by atoms with Crippen LogP contribution in [0.15, 0.2) is 79.1 Å². The fraction of sp³-hybridized carbons (Fsp3) is 0.265. The molecule has 1 aliphatic rings. The summed E-state index contributed by atoms with van der Waals surface area (Å²) >= 11 is 0. The van der Waals surface area contributed by atoms with Gasteiger partial charge in [-0.05, 0) is 68.9 Å². The monoisotopic (exact) mass is 574 g/mol. The molecule has 3 aromatic carbocycles. The van der Waals surface area contributed by atoms with Gasteiger partial charge in [0.2, 0.25) is 0 Å². The van der Waals surface area contributed by atoms with Gasteiger partial charge in [0.05, 0.1) is 17.0 Å². The first-order chi connectivity index (χ1) is 20.9. The van der Waals surface area contributed by atoms with E-state index in [4.69, 9.17) is 15.6 Å². The van der Waals surface area contributed by atoms with Crippen LogP contribution in [0.25, 0.3) is 22.3 Å². The van der Waals surface area contributed by atoms with Gasteiger partial charge in [0.15, 0.2) is 5.65 Å². The summed E-state index contributed by atoms with van der Waals surface area (Å²) in [5, 5.41) is 8.71. The van der Waals surface area contributed by atoms with Gasteiger partial charge in [0, 0.05) is 17.7 Å². The molecule has 43 heavy (non-hydrogen) atoms. The zero-order valence-corrected chi connectivity index (χ0v) is 24.3. The molecule has 0 unspecified atom stereocenters. The lowest BCUT2D eigenvalue weighted by atomic mass is 9.93. The van der Waals surface area contributed by atoms with Gasteiger partial charge in [-0.2, -0.15) is 5.10 Å². The number of carbonyl (C=O) groups excluding carboxylic acids is 2. The van der Waals surface area contributed by atoms with E-state index in [2.05, 4.69) is 15.3 Å². The molecule has 0 saturated heterocycles. The molecule has 9 nitrogen and oxygen atoms in total. The summed E-state index contributed by atoms with van der Waals surface area (Å²) < 4.78 is 7.77. The van der Waals surface area contributed by atoms with Crippen molar-refractivity contribution in [3.05, 3.63) is 107 Å². The maximum absolute atomic E-state index is 12.6. The fourth-order valence-electron chi connectivity index (χ4n) is 5.65. The van der Waals surface area contributed by atoms with Gasteiger partial charge in [-0.25, -0.2) is 19.4 Å². The van der Waals surface area contributed by atoms with Crippen LogP contribution < -0.4 is 11.1 Å². The summed E-state index contributed by atoms with van der Waals surface area (Å²) in [6.45, 7) is 4.32. The van der Waals surface area contributed by atoms with Crippen molar-refractivity contribution in [1.29, 1.82) is 0 Å². The number of nitrogens with one attached hydrogen (secondary N) is 1. The minimum Gasteiger partial charge on any atom is -0.459 e. The Morgan fingerprint density at radius 3 is 2.37 bits per heavy atom. The Hall–Kier alpha value is -5.05. The summed E-state index contributed by atoms with van der Waals surface area (Å²) in [5.74, 6) is -0.00742. The Morgan fingerprint density at radius 1 is 0.930 bits per heavy atom. The van der Waals surface area contributed by atoms with E-state index in [0.717, 1.165) is 59.0 Å². The number of rotatable bonds is 7. The Bertz CT molecular complexity index is 1770. The van der Waals surface area contributed by atoms with Crippen LogP contribution in [-0.4, -0.2) is 37.7 Å². The zero-order valence-electron chi connectivity index (χ0n) is 24.3. The van der Waals surface area contributed by atoms with E-state index in [1.165, 1.54) is 6.33 Å². The smallest absolute Gasteiger partial charge is 0.338 e. The summed E-state index contributed by atoms with van der Waals surface area (Å²) in [4.78, 5) is 34.1. The van der Waals surface area contributed by atoms with E-state index in [1.807, 2.05) is 79.2 Å². The molecule has 1 saturated carbocycles. The lowest BCUT2D eigenvalue weighted by molar-refractivity contribution is 0.0168. The van der Waals surface area contributed by atoms with E-state index in [9.17, 15) is 9.59 Å². The molecule has 3 N–H and O–H groups in total. The quantitative estimate of drug-likeness (QED) is 0.230. The van der Waals surface area contributed by atoms with E-state index < -0.39 is 0 Å². The Labute approximate surface area is 250 Å². The number of esters is 1. The summed E-state index contributed by atoms with van der Waals surface area (Å²) in [7, 11) is 0. The third-order valence-corrected chi connectivity index (χ3v) is 8.14. The first-order valence-electron chi connectivity index (χ1n) is 14.6. The van der Waals surface area contributed by atoms with Crippen molar-refractivity contribution in [1.82, 2.24) is 25.1 Å². The summed E-state index contributed by atoms with van der Waals surface area (Å²) in [6, 6.07) is 23.0. The topological polar surface area (TPSA) is 125 Å². The highest BCUT2D eigenvalue weighted by Gasteiger charge is 2.29. The number of aromatic nitrogens is 4. The molecule has 1 amide bonds. The standard InChI is InChI=1S/C34H34N6O3/c1-21-7-11-25(12-8-21)34(42)43-27-17-15-26(16-18-27)40-32-29(31(35)37-20-38-32)30(39-40)24-13-9-23(10-14-24)19-36-33(41)28-6-4-3-5-22(28)2/h3-14,20,26-27H,15-19H2,1-2H3,(H,36,41)(H2,35,37,38). The third kappa shape index (κ3) is 5.97. The number of nitrogen functional groups attached to an aromatic ring is 1. The minimum atomic E-state index is -0.283. The minimum absolute atomic E-state index is 0.0933. The first-order valence-corrected chi connectivity index (χ1v) is 14.6. The average molecular weight is 575 g/mol. The molecule has 5 aromatic rings. The molecule has 1 fully saturated rings.